The van der Waals surface area contributed by atoms with Gasteiger partial charge < -0.3 is 9.80 Å². The molecule has 23 heavy (non-hydrogen) atoms. The second kappa shape index (κ2) is 5.56. The third kappa shape index (κ3) is 2.59. The van der Waals surface area contributed by atoms with E-state index in [9.17, 15) is 4.79 Å². The summed E-state index contributed by atoms with van der Waals surface area (Å²) in [5.41, 5.74) is 1.70. The van der Waals surface area contributed by atoms with Gasteiger partial charge in [0.25, 0.3) is 5.91 Å². The number of aryl methyl sites for hydroxylation is 2. The second-order valence-electron chi connectivity index (χ2n) is 6.42. The number of nitrogens with zero attached hydrogens (tertiary/aromatic N) is 5. The van der Waals surface area contributed by atoms with Crippen LogP contribution >= 0.6 is 11.3 Å². The van der Waals surface area contributed by atoms with E-state index in [0.29, 0.717) is 17.5 Å². The largest absolute Gasteiger partial charge is 0.356 e. The van der Waals surface area contributed by atoms with Crippen LogP contribution in [-0.4, -0.2) is 51.9 Å². The SMILES string of the molecule is Cc1nc(C(=O)N2CC3CN(c4ncncc4C)CC3C2)cs1. The van der Waals surface area contributed by atoms with Gasteiger partial charge in [-0.3, -0.25) is 4.79 Å². The molecule has 0 aromatic carbocycles. The Morgan fingerprint density at radius 1 is 1.22 bits per heavy atom. The summed E-state index contributed by atoms with van der Waals surface area (Å²) in [6.07, 6.45) is 3.47. The number of aromatic nitrogens is 3. The molecule has 0 spiro atoms. The predicted octanol–water partition coefficient (Wildman–Crippen LogP) is 1.76. The van der Waals surface area contributed by atoms with Crippen LogP contribution in [0.3, 0.4) is 0 Å². The zero-order valence-electron chi connectivity index (χ0n) is 13.3. The Labute approximate surface area is 139 Å². The molecule has 2 saturated heterocycles. The molecule has 2 aliphatic heterocycles. The number of likely N-dealkylation sites (tertiary alicyclic amines) is 1. The van der Waals surface area contributed by atoms with E-state index in [-0.39, 0.29) is 5.91 Å². The maximum absolute atomic E-state index is 12.5. The van der Waals surface area contributed by atoms with Crippen LogP contribution in [-0.2, 0) is 0 Å². The average Bonchev–Trinajstić information content (AvgIpc) is 3.21. The molecule has 0 saturated carbocycles. The maximum atomic E-state index is 12.5. The highest BCUT2D eigenvalue weighted by molar-refractivity contribution is 7.09. The highest BCUT2D eigenvalue weighted by atomic mass is 32.1. The van der Waals surface area contributed by atoms with E-state index >= 15 is 0 Å². The van der Waals surface area contributed by atoms with Crippen molar-refractivity contribution >= 4 is 23.1 Å². The molecule has 0 bridgehead atoms. The Bertz CT molecular complexity index is 732. The molecule has 2 aliphatic rings. The molecule has 4 heterocycles. The Balaban J connectivity index is 1.44. The molecule has 0 aliphatic carbocycles. The van der Waals surface area contributed by atoms with Gasteiger partial charge in [0.1, 0.15) is 17.8 Å². The number of anilines is 1. The van der Waals surface area contributed by atoms with E-state index in [1.165, 1.54) is 11.3 Å². The van der Waals surface area contributed by atoms with E-state index in [4.69, 9.17) is 0 Å². The van der Waals surface area contributed by atoms with E-state index < -0.39 is 0 Å². The number of rotatable bonds is 2. The lowest BCUT2D eigenvalue weighted by Crippen LogP contribution is -2.33. The Hall–Kier alpha value is -2.02. The van der Waals surface area contributed by atoms with Crippen molar-refractivity contribution in [2.75, 3.05) is 31.1 Å². The van der Waals surface area contributed by atoms with Crippen LogP contribution in [0.15, 0.2) is 17.9 Å². The minimum atomic E-state index is 0.0773. The first-order valence-electron chi connectivity index (χ1n) is 7.85. The lowest BCUT2D eigenvalue weighted by Gasteiger charge is -2.23. The van der Waals surface area contributed by atoms with Gasteiger partial charge >= 0.3 is 0 Å². The maximum Gasteiger partial charge on any atom is 0.273 e. The van der Waals surface area contributed by atoms with Crippen LogP contribution in [0.1, 0.15) is 21.1 Å². The first kappa shape index (κ1) is 14.6. The molecule has 2 aromatic heterocycles. The van der Waals surface area contributed by atoms with Gasteiger partial charge in [-0.2, -0.15) is 0 Å². The van der Waals surface area contributed by atoms with Gasteiger partial charge in [-0.05, 0) is 13.8 Å². The molecule has 7 heteroatoms. The minimum Gasteiger partial charge on any atom is -0.356 e. The van der Waals surface area contributed by atoms with Gasteiger partial charge in [0.05, 0.1) is 5.01 Å². The smallest absolute Gasteiger partial charge is 0.273 e. The van der Waals surface area contributed by atoms with Crippen LogP contribution in [0.2, 0.25) is 0 Å². The summed E-state index contributed by atoms with van der Waals surface area (Å²) in [6.45, 7) is 7.54. The Morgan fingerprint density at radius 3 is 2.57 bits per heavy atom. The van der Waals surface area contributed by atoms with Gasteiger partial charge in [-0.25, -0.2) is 15.0 Å². The molecule has 2 unspecified atom stereocenters. The first-order chi connectivity index (χ1) is 11.1. The van der Waals surface area contributed by atoms with Crippen molar-refractivity contribution in [3.05, 3.63) is 34.2 Å². The highest BCUT2D eigenvalue weighted by Crippen LogP contribution is 2.34. The van der Waals surface area contributed by atoms with E-state index in [2.05, 4.69) is 19.9 Å². The van der Waals surface area contributed by atoms with Crippen molar-refractivity contribution in [1.82, 2.24) is 19.9 Å². The summed E-state index contributed by atoms with van der Waals surface area (Å²) in [6, 6.07) is 0. The highest BCUT2D eigenvalue weighted by Gasteiger charge is 2.42. The van der Waals surface area contributed by atoms with Gasteiger partial charge in [-0.1, -0.05) is 0 Å². The van der Waals surface area contributed by atoms with Gasteiger partial charge in [0.15, 0.2) is 0 Å². The average molecular weight is 329 g/mol. The molecule has 2 fully saturated rings. The molecule has 4 rings (SSSR count). The number of hydrogen-bond acceptors (Lipinski definition) is 6. The lowest BCUT2D eigenvalue weighted by atomic mass is 10.0. The number of fused-ring (bicyclic) bond motifs is 1. The molecule has 0 N–H and O–H groups in total. The number of hydrogen-bond donors (Lipinski definition) is 0. The molecule has 0 radical (unpaired) electrons. The van der Waals surface area contributed by atoms with Crippen molar-refractivity contribution in [1.29, 1.82) is 0 Å². The third-order valence-corrected chi connectivity index (χ3v) is 5.55. The second-order valence-corrected chi connectivity index (χ2v) is 7.48. The Morgan fingerprint density at radius 2 is 1.96 bits per heavy atom. The fourth-order valence-corrected chi connectivity index (χ4v) is 4.27. The van der Waals surface area contributed by atoms with Crippen molar-refractivity contribution in [2.24, 2.45) is 11.8 Å². The summed E-state index contributed by atoms with van der Waals surface area (Å²) < 4.78 is 0. The van der Waals surface area contributed by atoms with E-state index in [1.54, 1.807) is 6.33 Å². The molecule has 6 nitrogen and oxygen atoms in total. The van der Waals surface area contributed by atoms with Crippen LogP contribution in [0, 0.1) is 25.7 Å². The fourth-order valence-electron chi connectivity index (χ4n) is 3.68. The van der Waals surface area contributed by atoms with E-state index in [0.717, 1.165) is 42.6 Å². The molecule has 1 amide bonds. The van der Waals surface area contributed by atoms with Gasteiger partial charge in [-0.15, -0.1) is 11.3 Å². The zero-order chi connectivity index (χ0) is 16.0. The normalized spacial score (nSPS) is 23.4. The van der Waals surface area contributed by atoms with Crippen molar-refractivity contribution < 1.29 is 4.79 Å². The molecular weight excluding hydrogens is 310 g/mol. The van der Waals surface area contributed by atoms with Crippen LogP contribution in [0.25, 0.3) is 0 Å². The van der Waals surface area contributed by atoms with Crippen molar-refractivity contribution in [2.45, 2.75) is 13.8 Å². The minimum absolute atomic E-state index is 0.0773. The number of amides is 1. The standard InChI is InChI=1S/C16H19N5OS/c1-10-3-17-9-18-15(10)20-4-12-6-21(7-13(12)5-20)16(22)14-8-23-11(2)19-14/h3,8-9,12-13H,4-7H2,1-2H3. The monoisotopic (exact) mass is 329 g/mol. The molecule has 2 atom stereocenters. The zero-order valence-corrected chi connectivity index (χ0v) is 14.1. The fraction of sp³-hybridized carbons (Fsp3) is 0.500. The van der Waals surface area contributed by atoms with E-state index in [1.807, 2.05) is 30.3 Å². The number of carbonyl (C=O) groups excluding carboxylic acids is 1. The predicted molar refractivity (Wildman–Crippen MR) is 88.7 cm³/mol. The molecule has 2 aromatic rings. The third-order valence-electron chi connectivity index (χ3n) is 4.78. The van der Waals surface area contributed by atoms with Gasteiger partial charge in [0.2, 0.25) is 0 Å². The van der Waals surface area contributed by atoms with Crippen LogP contribution in [0.5, 0.6) is 0 Å². The van der Waals surface area contributed by atoms with Gasteiger partial charge in [0, 0.05) is 55.2 Å². The summed E-state index contributed by atoms with van der Waals surface area (Å²) in [4.78, 5) is 29.6. The quantitative estimate of drug-likeness (QED) is 0.840. The summed E-state index contributed by atoms with van der Waals surface area (Å²) in [5, 5.41) is 2.81. The number of carbonyl (C=O) groups is 1. The lowest BCUT2D eigenvalue weighted by molar-refractivity contribution is 0.0777. The summed E-state index contributed by atoms with van der Waals surface area (Å²) in [7, 11) is 0. The number of thiazole rings is 1. The molecular formula is C16H19N5OS. The summed E-state index contributed by atoms with van der Waals surface area (Å²) in [5.74, 6) is 2.15. The van der Waals surface area contributed by atoms with Crippen LogP contribution < -0.4 is 4.90 Å². The summed E-state index contributed by atoms with van der Waals surface area (Å²) >= 11 is 1.53. The van der Waals surface area contributed by atoms with Crippen molar-refractivity contribution in [3.63, 3.8) is 0 Å². The van der Waals surface area contributed by atoms with Crippen LogP contribution in [0.4, 0.5) is 5.82 Å². The topological polar surface area (TPSA) is 62.2 Å². The Kier molecular flexibility index (Phi) is 3.52. The molecule has 120 valence electrons. The first-order valence-corrected chi connectivity index (χ1v) is 8.72. The van der Waals surface area contributed by atoms with Crippen molar-refractivity contribution in [3.8, 4) is 0 Å².